The number of carbonyl (C=O) groups excluding carboxylic acids is 2. The molecule has 2 heterocycles. The second kappa shape index (κ2) is 7.90. The predicted molar refractivity (Wildman–Crippen MR) is 91.7 cm³/mol. The fourth-order valence-electron chi connectivity index (χ4n) is 2.76. The maximum atomic E-state index is 13.6. The van der Waals surface area contributed by atoms with E-state index in [2.05, 4.69) is 15.2 Å². The molecule has 1 aliphatic heterocycles. The van der Waals surface area contributed by atoms with Gasteiger partial charge < -0.3 is 15.1 Å². The van der Waals surface area contributed by atoms with Crippen molar-refractivity contribution in [1.82, 2.24) is 15.2 Å². The molecule has 0 bridgehead atoms. The molecule has 3 rings (SSSR count). The number of aromatic nitrogens is 1. The Hall–Kier alpha value is -3.03. The van der Waals surface area contributed by atoms with Crippen LogP contribution in [-0.2, 0) is 4.79 Å². The number of piperazine rings is 1. The van der Waals surface area contributed by atoms with Crippen LogP contribution in [0.3, 0.4) is 0 Å². The highest BCUT2D eigenvalue weighted by Crippen LogP contribution is 2.13. The SMILES string of the molecule is O=C(NCC(=O)N1CCN(c2ccccn2)CC1)c1ccc(F)cc1F. The molecule has 0 aliphatic carbocycles. The first kappa shape index (κ1) is 17.8. The lowest BCUT2D eigenvalue weighted by atomic mass is 10.2. The van der Waals surface area contributed by atoms with Crippen molar-refractivity contribution in [3.8, 4) is 0 Å². The predicted octanol–water partition coefficient (Wildman–Crippen LogP) is 1.44. The van der Waals surface area contributed by atoms with E-state index < -0.39 is 17.5 Å². The molecule has 8 heteroatoms. The van der Waals surface area contributed by atoms with Crippen LogP contribution in [0, 0.1) is 11.6 Å². The number of nitrogens with one attached hydrogen (secondary N) is 1. The van der Waals surface area contributed by atoms with Crippen LogP contribution in [0.5, 0.6) is 0 Å². The Balaban J connectivity index is 1.49. The van der Waals surface area contributed by atoms with Gasteiger partial charge in [0.05, 0.1) is 12.1 Å². The Kier molecular flexibility index (Phi) is 5.40. The molecule has 1 N–H and O–H groups in total. The lowest BCUT2D eigenvalue weighted by Crippen LogP contribution is -2.51. The van der Waals surface area contributed by atoms with Gasteiger partial charge in [-0.2, -0.15) is 0 Å². The van der Waals surface area contributed by atoms with Gasteiger partial charge in [-0.1, -0.05) is 6.07 Å². The molecular formula is C18H18F2N4O2. The maximum absolute atomic E-state index is 13.6. The minimum absolute atomic E-state index is 0.237. The number of halogens is 2. The van der Waals surface area contributed by atoms with E-state index in [4.69, 9.17) is 0 Å². The van der Waals surface area contributed by atoms with Gasteiger partial charge in [0, 0.05) is 38.4 Å². The van der Waals surface area contributed by atoms with Crippen LogP contribution in [0.15, 0.2) is 42.6 Å². The molecule has 0 spiro atoms. The van der Waals surface area contributed by atoms with Crippen molar-refractivity contribution in [3.63, 3.8) is 0 Å². The summed E-state index contributed by atoms with van der Waals surface area (Å²) in [6, 6.07) is 8.34. The fraction of sp³-hybridized carbons (Fsp3) is 0.278. The highest BCUT2D eigenvalue weighted by atomic mass is 19.1. The number of rotatable bonds is 4. The average Bonchev–Trinajstić information content (AvgIpc) is 2.66. The number of hydrogen-bond acceptors (Lipinski definition) is 4. The molecule has 2 aromatic rings. The van der Waals surface area contributed by atoms with Crippen molar-refractivity contribution in [3.05, 3.63) is 59.8 Å². The smallest absolute Gasteiger partial charge is 0.254 e. The highest BCUT2D eigenvalue weighted by molar-refractivity contribution is 5.96. The molecule has 0 saturated carbocycles. The van der Waals surface area contributed by atoms with Crippen molar-refractivity contribution < 1.29 is 18.4 Å². The first-order valence-corrected chi connectivity index (χ1v) is 8.21. The van der Waals surface area contributed by atoms with Crippen LogP contribution in [0.25, 0.3) is 0 Å². The zero-order valence-electron chi connectivity index (χ0n) is 14.0. The summed E-state index contributed by atoms with van der Waals surface area (Å²) in [6.45, 7) is 2.07. The van der Waals surface area contributed by atoms with E-state index in [1.165, 1.54) is 0 Å². The lowest BCUT2D eigenvalue weighted by Gasteiger charge is -2.35. The normalized spacial score (nSPS) is 14.2. The minimum Gasteiger partial charge on any atom is -0.353 e. The topological polar surface area (TPSA) is 65.5 Å². The van der Waals surface area contributed by atoms with Gasteiger partial charge in [-0.25, -0.2) is 13.8 Å². The molecule has 1 saturated heterocycles. The Labute approximate surface area is 149 Å². The van der Waals surface area contributed by atoms with Gasteiger partial charge in [-0.05, 0) is 24.3 Å². The van der Waals surface area contributed by atoms with Crippen LogP contribution >= 0.6 is 0 Å². The lowest BCUT2D eigenvalue weighted by molar-refractivity contribution is -0.130. The molecule has 0 unspecified atom stereocenters. The van der Waals surface area contributed by atoms with Gasteiger partial charge in [-0.15, -0.1) is 0 Å². The number of pyridine rings is 1. The van der Waals surface area contributed by atoms with E-state index in [1.54, 1.807) is 11.1 Å². The number of carbonyl (C=O) groups is 2. The molecule has 0 radical (unpaired) electrons. The Morgan fingerprint density at radius 1 is 1.08 bits per heavy atom. The molecule has 26 heavy (non-hydrogen) atoms. The number of benzene rings is 1. The van der Waals surface area contributed by atoms with Crippen LogP contribution < -0.4 is 10.2 Å². The summed E-state index contributed by atoms with van der Waals surface area (Å²) in [5, 5.41) is 2.38. The van der Waals surface area contributed by atoms with E-state index in [0.29, 0.717) is 32.2 Å². The van der Waals surface area contributed by atoms with Gasteiger partial charge in [0.2, 0.25) is 5.91 Å². The summed E-state index contributed by atoms with van der Waals surface area (Å²) in [7, 11) is 0. The van der Waals surface area contributed by atoms with Crippen molar-refractivity contribution in [2.75, 3.05) is 37.6 Å². The third-order valence-electron chi connectivity index (χ3n) is 4.18. The number of anilines is 1. The summed E-state index contributed by atoms with van der Waals surface area (Å²) < 4.78 is 26.5. The van der Waals surface area contributed by atoms with E-state index >= 15 is 0 Å². The minimum atomic E-state index is -0.959. The molecule has 0 atom stereocenters. The largest absolute Gasteiger partial charge is 0.353 e. The van der Waals surface area contributed by atoms with Crippen LogP contribution in [0.1, 0.15) is 10.4 Å². The summed E-state index contributed by atoms with van der Waals surface area (Å²) in [4.78, 5) is 32.2. The molecular weight excluding hydrogens is 342 g/mol. The molecule has 136 valence electrons. The Morgan fingerprint density at radius 3 is 2.50 bits per heavy atom. The van der Waals surface area contributed by atoms with Gasteiger partial charge in [0.25, 0.3) is 5.91 Å². The third kappa shape index (κ3) is 4.14. The standard InChI is InChI=1S/C18H18F2N4O2/c19-13-4-5-14(15(20)11-13)18(26)22-12-17(25)24-9-7-23(8-10-24)16-3-1-2-6-21-16/h1-6,11H,7-10,12H2,(H,22,26). The quantitative estimate of drug-likeness (QED) is 0.896. The summed E-state index contributed by atoms with van der Waals surface area (Å²) in [6.07, 6.45) is 1.72. The second-order valence-corrected chi connectivity index (χ2v) is 5.86. The molecule has 1 aliphatic rings. The first-order chi connectivity index (χ1) is 12.5. The van der Waals surface area contributed by atoms with Crippen LogP contribution in [0.2, 0.25) is 0 Å². The van der Waals surface area contributed by atoms with Gasteiger partial charge >= 0.3 is 0 Å². The van der Waals surface area contributed by atoms with Crippen molar-refractivity contribution >= 4 is 17.6 Å². The van der Waals surface area contributed by atoms with Crippen LogP contribution in [-0.4, -0.2) is 54.4 Å². The molecule has 1 aromatic carbocycles. The maximum Gasteiger partial charge on any atom is 0.254 e. The van der Waals surface area contributed by atoms with E-state index in [-0.39, 0.29) is 18.0 Å². The first-order valence-electron chi connectivity index (χ1n) is 8.21. The molecule has 1 aromatic heterocycles. The number of nitrogens with zero attached hydrogens (tertiary/aromatic N) is 3. The fourth-order valence-corrected chi connectivity index (χ4v) is 2.76. The second-order valence-electron chi connectivity index (χ2n) is 5.86. The molecule has 6 nitrogen and oxygen atoms in total. The Morgan fingerprint density at radius 2 is 1.85 bits per heavy atom. The average molecular weight is 360 g/mol. The number of amides is 2. The van der Waals surface area contributed by atoms with Crippen molar-refractivity contribution in [2.24, 2.45) is 0 Å². The van der Waals surface area contributed by atoms with Crippen LogP contribution in [0.4, 0.5) is 14.6 Å². The summed E-state index contributed by atoms with van der Waals surface area (Å²) in [5.74, 6) is -1.86. The number of hydrogen-bond donors (Lipinski definition) is 1. The van der Waals surface area contributed by atoms with E-state index in [0.717, 1.165) is 18.0 Å². The monoisotopic (exact) mass is 360 g/mol. The zero-order chi connectivity index (χ0) is 18.5. The Bertz CT molecular complexity index is 793. The third-order valence-corrected chi connectivity index (χ3v) is 4.18. The summed E-state index contributed by atoms with van der Waals surface area (Å²) >= 11 is 0. The molecule has 2 amide bonds. The van der Waals surface area contributed by atoms with Gasteiger partial charge in [0.15, 0.2) is 0 Å². The zero-order valence-corrected chi connectivity index (χ0v) is 14.0. The van der Waals surface area contributed by atoms with Crippen molar-refractivity contribution in [2.45, 2.75) is 0 Å². The van der Waals surface area contributed by atoms with E-state index in [1.807, 2.05) is 18.2 Å². The highest BCUT2D eigenvalue weighted by Gasteiger charge is 2.22. The van der Waals surface area contributed by atoms with Gasteiger partial charge in [-0.3, -0.25) is 9.59 Å². The summed E-state index contributed by atoms with van der Waals surface area (Å²) in [5.41, 5.74) is -0.292. The van der Waals surface area contributed by atoms with Crippen molar-refractivity contribution in [1.29, 1.82) is 0 Å². The van der Waals surface area contributed by atoms with E-state index in [9.17, 15) is 18.4 Å². The van der Waals surface area contributed by atoms with Gasteiger partial charge in [0.1, 0.15) is 17.5 Å². The molecule has 1 fully saturated rings.